The van der Waals surface area contributed by atoms with E-state index in [1.807, 2.05) is 20.8 Å². The molecule has 0 saturated carbocycles. The van der Waals surface area contributed by atoms with Gasteiger partial charge in [0.25, 0.3) is 0 Å². The molecule has 0 aliphatic rings. The molecule has 0 aliphatic carbocycles. The van der Waals surface area contributed by atoms with Gasteiger partial charge in [0.1, 0.15) is 17.1 Å². The van der Waals surface area contributed by atoms with E-state index >= 15 is 0 Å². The van der Waals surface area contributed by atoms with Crippen LogP contribution in [0.15, 0.2) is 12.1 Å². The van der Waals surface area contributed by atoms with Gasteiger partial charge in [-0.1, -0.05) is 26.8 Å². The van der Waals surface area contributed by atoms with Gasteiger partial charge < -0.3 is 14.9 Å². The van der Waals surface area contributed by atoms with Gasteiger partial charge in [-0.25, -0.2) is 4.79 Å². The Morgan fingerprint density at radius 1 is 1.31 bits per heavy atom. The average molecular weight is 224 g/mol. The number of aromatic carboxylic acids is 1. The van der Waals surface area contributed by atoms with Gasteiger partial charge in [-0.3, -0.25) is 0 Å². The lowest BCUT2D eigenvalue weighted by molar-refractivity contribution is 0.0689. The third-order valence-electron chi connectivity index (χ3n) is 2.38. The molecule has 0 bridgehead atoms. The second kappa shape index (κ2) is 4.04. The van der Waals surface area contributed by atoms with Crippen molar-refractivity contribution in [3.63, 3.8) is 0 Å². The first-order valence-corrected chi connectivity index (χ1v) is 4.92. The molecular weight excluding hydrogens is 208 g/mol. The first kappa shape index (κ1) is 12.4. The molecule has 0 aliphatic heterocycles. The number of carboxylic acid groups (broad SMARTS) is 1. The Hall–Kier alpha value is -1.71. The molecule has 0 aromatic heterocycles. The molecule has 16 heavy (non-hydrogen) atoms. The minimum absolute atomic E-state index is 0.165. The molecule has 4 nitrogen and oxygen atoms in total. The number of benzene rings is 1. The second-order valence-electron chi connectivity index (χ2n) is 4.59. The molecule has 0 unspecified atom stereocenters. The molecular formula is C12H16O4. The lowest BCUT2D eigenvalue weighted by Crippen LogP contribution is -2.13. The van der Waals surface area contributed by atoms with Gasteiger partial charge >= 0.3 is 5.97 Å². The Kier molecular flexibility index (Phi) is 3.12. The maximum Gasteiger partial charge on any atom is 0.343 e. The normalized spacial score (nSPS) is 11.2. The fraction of sp³-hybridized carbons (Fsp3) is 0.417. The van der Waals surface area contributed by atoms with Crippen molar-refractivity contribution in [2.75, 3.05) is 7.11 Å². The molecule has 88 valence electrons. The highest BCUT2D eigenvalue weighted by Crippen LogP contribution is 2.37. The molecule has 1 aromatic rings. The summed E-state index contributed by atoms with van der Waals surface area (Å²) >= 11 is 0. The van der Waals surface area contributed by atoms with Crippen LogP contribution in [0.5, 0.6) is 11.5 Å². The van der Waals surface area contributed by atoms with E-state index in [4.69, 9.17) is 9.84 Å². The second-order valence-corrected chi connectivity index (χ2v) is 4.59. The summed E-state index contributed by atoms with van der Waals surface area (Å²) in [6, 6.07) is 3.24. The van der Waals surface area contributed by atoms with Crippen LogP contribution in [0.2, 0.25) is 0 Å². The van der Waals surface area contributed by atoms with Crippen molar-refractivity contribution in [2.45, 2.75) is 26.2 Å². The van der Waals surface area contributed by atoms with Gasteiger partial charge in [-0.2, -0.15) is 0 Å². The van der Waals surface area contributed by atoms with E-state index in [0.717, 1.165) is 0 Å². The summed E-state index contributed by atoms with van der Waals surface area (Å²) in [6.07, 6.45) is 0. The third kappa shape index (κ3) is 2.10. The van der Waals surface area contributed by atoms with Crippen LogP contribution in [0.25, 0.3) is 0 Å². The monoisotopic (exact) mass is 224 g/mol. The Labute approximate surface area is 94.5 Å². The first-order valence-electron chi connectivity index (χ1n) is 4.92. The van der Waals surface area contributed by atoms with Crippen LogP contribution in [0.3, 0.4) is 0 Å². The summed E-state index contributed by atoms with van der Waals surface area (Å²) in [5.74, 6) is -1.25. The van der Waals surface area contributed by atoms with Crippen molar-refractivity contribution in [2.24, 2.45) is 0 Å². The molecule has 0 spiro atoms. The van der Waals surface area contributed by atoms with E-state index in [2.05, 4.69) is 0 Å². The maximum atomic E-state index is 11.0. The van der Waals surface area contributed by atoms with E-state index < -0.39 is 5.97 Å². The highest BCUT2D eigenvalue weighted by atomic mass is 16.5. The number of aromatic hydroxyl groups is 1. The van der Waals surface area contributed by atoms with Crippen LogP contribution in [0.4, 0.5) is 0 Å². The molecule has 1 rings (SSSR count). The largest absolute Gasteiger partial charge is 0.507 e. The van der Waals surface area contributed by atoms with Crippen molar-refractivity contribution in [1.82, 2.24) is 0 Å². The zero-order chi connectivity index (χ0) is 12.5. The standard InChI is InChI=1S/C12H16O4/c1-12(2,3)7-5-6-8(16-4)9(10(7)13)11(14)15/h5-6,13H,1-4H3,(H,14,15). The van der Waals surface area contributed by atoms with Gasteiger partial charge in [0.2, 0.25) is 0 Å². The van der Waals surface area contributed by atoms with Crippen LogP contribution in [-0.2, 0) is 5.41 Å². The van der Waals surface area contributed by atoms with E-state index in [0.29, 0.717) is 5.56 Å². The number of rotatable bonds is 2. The van der Waals surface area contributed by atoms with Crippen molar-refractivity contribution in [3.05, 3.63) is 23.3 Å². The predicted octanol–water partition coefficient (Wildman–Crippen LogP) is 2.40. The Bertz CT molecular complexity index is 416. The van der Waals surface area contributed by atoms with E-state index in [9.17, 15) is 9.90 Å². The predicted molar refractivity (Wildman–Crippen MR) is 60.3 cm³/mol. The summed E-state index contributed by atoms with van der Waals surface area (Å²) < 4.78 is 4.91. The smallest absolute Gasteiger partial charge is 0.343 e. The maximum absolute atomic E-state index is 11.0. The van der Waals surface area contributed by atoms with Crippen LogP contribution >= 0.6 is 0 Å². The van der Waals surface area contributed by atoms with E-state index in [1.54, 1.807) is 12.1 Å². The van der Waals surface area contributed by atoms with Gasteiger partial charge in [0.05, 0.1) is 7.11 Å². The summed E-state index contributed by atoms with van der Waals surface area (Å²) in [7, 11) is 1.37. The summed E-state index contributed by atoms with van der Waals surface area (Å²) in [6.45, 7) is 5.71. The van der Waals surface area contributed by atoms with Crippen LogP contribution in [-0.4, -0.2) is 23.3 Å². The quantitative estimate of drug-likeness (QED) is 0.809. The SMILES string of the molecule is COc1ccc(C(C)(C)C)c(O)c1C(=O)O. The molecule has 4 heteroatoms. The zero-order valence-electron chi connectivity index (χ0n) is 9.87. The number of hydrogen-bond donors (Lipinski definition) is 2. The van der Waals surface area contributed by atoms with Crippen molar-refractivity contribution >= 4 is 5.97 Å². The Morgan fingerprint density at radius 2 is 1.88 bits per heavy atom. The minimum atomic E-state index is -1.19. The van der Waals surface area contributed by atoms with Gasteiger partial charge in [0.15, 0.2) is 0 Å². The number of hydrogen-bond acceptors (Lipinski definition) is 3. The summed E-state index contributed by atoms with van der Waals surface area (Å²) in [4.78, 5) is 11.0. The summed E-state index contributed by atoms with van der Waals surface area (Å²) in [5, 5.41) is 19.0. The van der Waals surface area contributed by atoms with Crippen molar-refractivity contribution in [1.29, 1.82) is 0 Å². The Morgan fingerprint density at radius 3 is 2.25 bits per heavy atom. The van der Waals surface area contributed by atoms with Crippen LogP contribution in [0, 0.1) is 0 Å². The molecule has 0 radical (unpaired) electrons. The fourth-order valence-corrected chi connectivity index (χ4v) is 1.55. The van der Waals surface area contributed by atoms with Crippen LogP contribution < -0.4 is 4.74 Å². The Balaban J connectivity index is 3.50. The highest BCUT2D eigenvalue weighted by molar-refractivity contribution is 5.94. The molecule has 0 fully saturated rings. The average Bonchev–Trinajstić information content (AvgIpc) is 2.14. The molecule has 0 amide bonds. The lowest BCUT2D eigenvalue weighted by Gasteiger charge is -2.22. The van der Waals surface area contributed by atoms with E-state index in [-0.39, 0.29) is 22.5 Å². The summed E-state index contributed by atoms with van der Waals surface area (Å²) in [5.41, 5.74) is 0.0845. The first-order chi connectivity index (χ1) is 7.29. The molecule has 0 heterocycles. The lowest BCUT2D eigenvalue weighted by atomic mass is 9.85. The van der Waals surface area contributed by atoms with Crippen molar-refractivity contribution in [3.8, 4) is 11.5 Å². The molecule has 0 atom stereocenters. The molecule has 0 saturated heterocycles. The van der Waals surface area contributed by atoms with Crippen LogP contribution in [0.1, 0.15) is 36.7 Å². The van der Waals surface area contributed by atoms with E-state index in [1.165, 1.54) is 7.11 Å². The van der Waals surface area contributed by atoms with Crippen molar-refractivity contribution < 1.29 is 19.7 Å². The minimum Gasteiger partial charge on any atom is -0.507 e. The number of ether oxygens (including phenoxy) is 1. The topological polar surface area (TPSA) is 66.8 Å². The van der Waals surface area contributed by atoms with Gasteiger partial charge in [0, 0.05) is 5.56 Å². The molecule has 1 aromatic carbocycles. The zero-order valence-corrected chi connectivity index (χ0v) is 9.87. The fourth-order valence-electron chi connectivity index (χ4n) is 1.55. The highest BCUT2D eigenvalue weighted by Gasteiger charge is 2.25. The number of carbonyl (C=O) groups is 1. The molecule has 2 N–H and O–H groups in total. The number of carboxylic acids is 1. The third-order valence-corrected chi connectivity index (χ3v) is 2.38. The number of phenols is 1. The number of methoxy groups -OCH3 is 1. The van der Waals surface area contributed by atoms with Gasteiger partial charge in [-0.05, 0) is 11.5 Å². The van der Waals surface area contributed by atoms with Gasteiger partial charge in [-0.15, -0.1) is 0 Å².